The molecular weight excluding hydrogens is 313 g/mol. The fraction of sp³-hybridized carbons (Fsp3) is 0.250. The molecule has 7 nitrogen and oxygen atoms in total. The molecule has 8 heteroatoms. The number of anilines is 1. The van der Waals surface area contributed by atoms with Crippen molar-refractivity contribution in [3.63, 3.8) is 0 Å². The van der Waals surface area contributed by atoms with Gasteiger partial charge in [-0.2, -0.15) is 5.10 Å². The molecule has 0 spiro atoms. The molecule has 3 rings (SSSR count). The van der Waals surface area contributed by atoms with E-state index in [9.17, 15) is 9.18 Å². The molecule has 2 heterocycles. The maximum Gasteiger partial charge on any atom is 0.322 e. The van der Waals surface area contributed by atoms with Gasteiger partial charge in [0.1, 0.15) is 11.5 Å². The lowest BCUT2D eigenvalue weighted by molar-refractivity contribution is 0.101. The van der Waals surface area contributed by atoms with Gasteiger partial charge in [0.05, 0.1) is 5.69 Å². The van der Waals surface area contributed by atoms with E-state index in [2.05, 4.69) is 20.6 Å². The number of hydrogen-bond donors (Lipinski definition) is 1. The van der Waals surface area contributed by atoms with E-state index in [1.165, 1.54) is 18.2 Å². The molecule has 0 saturated heterocycles. The quantitative estimate of drug-likeness (QED) is 0.794. The number of carbonyl (C=O) groups is 1. The number of hydrogen-bond acceptors (Lipinski definition) is 5. The lowest BCUT2D eigenvalue weighted by atomic mass is 10.2. The van der Waals surface area contributed by atoms with Gasteiger partial charge in [0.2, 0.25) is 5.89 Å². The average molecular weight is 329 g/mol. The molecule has 0 saturated carbocycles. The molecule has 1 amide bonds. The maximum absolute atomic E-state index is 13.2. The Labute approximate surface area is 137 Å². The van der Waals surface area contributed by atoms with Crippen LogP contribution in [0.15, 0.2) is 34.7 Å². The van der Waals surface area contributed by atoms with Crippen LogP contribution >= 0.6 is 0 Å². The van der Waals surface area contributed by atoms with Gasteiger partial charge in [-0.15, -0.1) is 5.10 Å². The van der Waals surface area contributed by atoms with Gasteiger partial charge in [-0.3, -0.25) is 14.8 Å². The number of halogens is 1. The highest BCUT2D eigenvalue weighted by molar-refractivity contribution is 6.02. The van der Waals surface area contributed by atoms with Crippen LogP contribution in [-0.2, 0) is 0 Å². The third-order valence-electron chi connectivity index (χ3n) is 3.30. The molecule has 0 radical (unpaired) electrons. The summed E-state index contributed by atoms with van der Waals surface area (Å²) >= 11 is 0. The van der Waals surface area contributed by atoms with Crippen LogP contribution in [0.2, 0.25) is 0 Å². The van der Waals surface area contributed by atoms with Crippen LogP contribution in [-0.4, -0.2) is 25.9 Å². The van der Waals surface area contributed by atoms with Gasteiger partial charge >= 0.3 is 6.01 Å². The number of rotatable bonds is 4. The first-order chi connectivity index (χ1) is 11.4. The Morgan fingerprint density at radius 3 is 2.79 bits per heavy atom. The second-order valence-corrected chi connectivity index (χ2v) is 5.59. The van der Waals surface area contributed by atoms with E-state index in [1.807, 2.05) is 20.8 Å². The van der Waals surface area contributed by atoms with Crippen LogP contribution in [0.4, 0.5) is 10.4 Å². The Kier molecular flexibility index (Phi) is 4.11. The molecule has 1 N–H and O–H groups in total. The van der Waals surface area contributed by atoms with Crippen molar-refractivity contribution >= 4 is 11.9 Å². The first-order valence-electron chi connectivity index (χ1n) is 7.41. The summed E-state index contributed by atoms with van der Waals surface area (Å²) in [4.78, 5) is 12.4. The Morgan fingerprint density at radius 1 is 1.29 bits per heavy atom. The molecule has 0 unspecified atom stereocenters. The van der Waals surface area contributed by atoms with Crippen LogP contribution in [0.25, 0.3) is 11.5 Å². The number of carbonyl (C=O) groups excluding carboxylic acids is 1. The highest BCUT2D eigenvalue weighted by Crippen LogP contribution is 2.21. The van der Waals surface area contributed by atoms with E-state index >= 15 is 0 Å². The Bertz CT molecular complexity index is 884. The minimum Gasteiger partial charge on any atom is -0.403 e. The normalized spacial score (nSPS) is 11.0. The zero-order valence-corrected chi connectivity index (χ0v) is 13.4. The van der Waals surface area contributed by atoms with Crippen molar-refractivity contribution in [1.82, 2.24) is 20.0 Å². The van der Waals surface area contributed by atoms with Gasteiger partial charge in [0.25, 0.3) is 5.91 Å². The van der Waals surface area contributed by atoms with Gasteiger partial charge in [0, 0.05) is 11.6 Å². The van der Waals surface area contributed by atoms with Crippen molar-refractivity contribution in [1.29, 1.82) is 0 Å². The van der Waals surface area contributed by atoms with Crippen molar-refractivity contribution in [3.8, 4) is 11.5 Å². The molecule has 24 heavy (non-hydrogen) atoms. The minimum atomic E-state index is -0.410. The van der Waals surface area contributed by atoms with Crippen molar-refractivity contribution in [2.75, 3.05) is 5.32 Å². The summed E-state index contributed by atoms with van der Waals surface area (Å²) in [6.07, 6.45) is 0. The minimum absolute atomic E-state index is 0.0324. The molecule has 124 valence electrons. The van der Waals surface area contributed by atoms with Crippen molar-refractivity contribution in [2.45, 2.75) is 26.8 Å². The van der Waals surface area contributed by atoms with Gasteiger partial charge in [-0.1, -0.05) is 11.2 Å². The lowest BCUT2D eigenvalue weighted by Crippen LogP contribution is -2.19. The maximum atomic E-state index is 13.2. The van der Waals surface area contributed by atoms with E-state index < -0.39 is 11.7 Å². The summed E-state index contributed by atoms with van der Waals surface area (Å²) < 4.78 is 20.2. The van der Waals surface area contributed by atoms with Gasteiger partial charge in [-0.25, -0.2) is 4.39 Å². The van der Waals surface area contributed by atoms with Crippen LogP contribution in [0.1, 0.15) is 36.1 Å². The van der Waals surface area contributed by atoms with E-state index in [0.29, 0.717) is 11.3 Å². The monoisotopic (exact) mass is 329 g/mol. The Hall–Kier alpha value is -3.03. The number of benzene rings is 1. The number of aromatic nitrogens is 4. The van der Waals surface area contributed by atoms with Crippen LogP contribution in [0, 0.1) is 12.7 Å². The van der Waals surface area contributed by atoms with Gasteiger partial charge in [-0.05, 0) is 45.0 Å². The fourth-order valence-corrected chi connectivity index (χ4v) is 2.25. The van der Waals surface area contributed by atoms with Gasteiger partial charge in [0.15, 0.2) is 0 Å². The predicted molar refractivity (Wildman–Crippen MR) is 85.0 cm³/mol. The number of amides is 1. The highest BCUT2D eigenvalue weighted by Gasteiger charge is 2.18. The summed E-state index contributed by atoms with van der Waals surface area (Å²) in [6, 6.07) is 7.42. The molecule has 0 bridgehead atoms. The molecule has 0 aliphatic heterocycles. The fourth-order valence-electron chi connectivity index (χ4n) is 2.25. The SMILES string of the molecule is Cc1cc(C(=O)Nc2nnc(-c3cccc(F)c3)o2)n(C(C)C)n1. The predicted octanol–water partition coefficient (Wildman–Crippen LogP) is 3.21. The van der Waals surface area contributed by atoms with Crippen LogP contribution < -0.4 is 5.32 Å². The molecule has 0 fully saturated rings. The first-order valence-corrected chi connectivity index (χ1v) is 7.41. The molecule has 0 aliphatic rings. The summed E-state index contributed by atoms with van der Waals surface area (Å²) in [5.74, 6) is -0.690. The number of nitrogens with one attached hydrogen (secondary N) is 1. The smallest absolute Gasteiger partial charge is 0.322 e. The summed E-state index contributed by atoms with van der Waals surface area (Å²) in [5, 5.41) is 14.4. The number of nitrogens with zero attached hydrogens (tertiary/aromatic N) is 4. The van der Waals surface area contributed by atoms with E-state index in [0.717, 1.165) is 5.69 Å². The van der Waals surface area contributed by atoms with Crippen molar-refractivity contribution in [3.05, 3.63) is 47.5 Å². The third-order valence-corrected chi connectivity index (χ3v) is 3.30. The second-order valence-electron chi connectivity index (χ2n) is 5.59. The molecule has 3 aromatic rings. The largest absolute Gasteiger partial charge is 0.403 e. The number of aryl methyl sites for hydroxylation is 1. The van der Waals surface area contributed by atoms with Crippen molar-refractivity contribution < 1.29 is 13.6 Å². The Balaban J connectivity index is 1.81. The standard InChI is InChI=1S/C16H16FN5O2/c1-9(2)22-13(7-10(3)21-22)14(23)18-16-20-19-15(24-16)11-5-4-6-12(17)8-11/h4-9H,1-3H3,(H,18,20,23). The molecule has 0 aliphatic carbocycles. The summed E-state index contributed by atoms with van der Waals surface area (Å²) in [6.45, 7) is 5.67. The molecule has 0 atom stereocenters. The lowest BCUT2D eigenvalue weighted by Gasteiger charge is -2.09. The topological polar surface area (TPSA) is 85.8 Å². The summed E-state index contributed by atoms with van der Waals surface area (Å²) in [5.41, 5.74) is 1.57. The first kappa shape index (κ1) is 15.9. The average Bonchev–Trinajstić information content (AvgIpc) is 3.14. The van der Waals surface area contributed by atoms with E-state index in [1.54, 1.807) is 16.8 Å². The van der Waals surface area contributed by atoms with E-state index in [-0.39, 0.29) is 17.9 Å². The third kappa shape index (κ3) is 3.17. The van der Waals surface area contributed by atoms with E-state index in [4.69, 9.17) is 4.42 Å². The molecule has 1 aromatic carbocycles. The molecule has 2 aromatic heterocycles. The highest BCUT2D eigenvalue weighted by atomic mass is 19.1. The van der Waals surface area contributed by atoms with Gasteiger partial charge < -0.3 is 4.42 Å². The zero-order valence-electron chi connectivity index (χ0n) is 13.4. The zero-order chi connectivity index (χ0) is 17.3. The summed E-state index contributed by atoms with van der Waals surface area (Å²) in [7, 11) is 0. The van der Waals surface area contributed by atoms with Crippen LogP contribution in [0.5, 0.6) is 0 Å². The Morgan fingerprint density at radius 2 is 2.08 bits per heavy atom. The second kappa shape index (κ2) is 6.23. The molecular formula is C16H16FN5O2. The van der Waals surface area contributed by atoms with Crippen molar-refractivity contribution in [2.24, 2.45) is 0 Å². The van der Waals surface area contributed by atoms with Crippen LogP contribution in [0.3, 0.4) is 0 Å².